The Kier molecular flexibility index (Phi) is 6.66. The number of aromatic nitrogens is 2. The predicted molar refractivity (Wildman–Crippen MR) is 116 cm³/mol. The van der Waals surface area contributed by atoms with Crippen molar-refractivity contribution in [3.05, 3.63) is 41.0 Å². The smallest absolute Gasteiger partial charge is 0.254 e. The number of carbonyl (C=O) groups excluding carboxylic acids is 1. The lowest BCUT2D eigenvalue weighted by atomic mass is 9.81. The molecular formula is C21H27ClN6O2. The van der Waals surface area contributed by atoms with Crippen LogP contribution in [0.4, 0.5) is 11.5 Å². The number of benzene rings is 1. The van der Waals surface area contributed by atoms with E-state index in [1.807, 2.05) is 13.8 Å². The fourth-order valence-electron chi connectivity index (χ4n) is 3.84. The molecule has 0 radical (unpaired) electrons. The Balaban J connectivity index is 1.80. The fourth-order valence-corrected chi connectivity index (χ4v) is 3.97. The first-order valence-electron chi connectivity index (χ1n) is 9.92. The maximum absolute atomic E-state index is 12.0. The molecule has 3 rings (SSSR count). The zero-order chi connectivity index (χ0) is 21.9. The minimum atomic E-state index is -0.591. The van der Waals surface area contributed by atoms with Crippen molar-refractivity contribution in [1.82, 2.24) is 15.1 Å². The van der Waals surface area contributed by atoms with Crippen LogP contribution in [0.3, 0.4) is 0 Å². The monoisotopic (exact) mass is 430 g/mol. The van der Waals surface area contributed by atoms with E-state index in [0.29, 0.717) is 17.3 Å². The molecule has 1 aliphatic rings. The summed E-state index contributed by atoms with van der Waals surface area (Å²) < 4.78 is 1.68. The highest BCUT2D eigenvalue weighted by atomic mass is 35.5. The second-order valence-electron chi connectivity index (χ2n) is 8.37. The first kappa shape index (κ1) is 22.1. The van der Waals surface area contributed by atoms with Crippen molar-refractivity contribution in [2.24, 2.45) is 11.7 Å². The van der Waals surface area contributed by atoms with Crippen molar-refractivity contribution in [1.29, 1.82) is 5.26 Å². The van der Waals surface area contributed by atoms with Gasteiger partial charge in [-0.05, 0) is 57.4 Å². The van der Waals surface area contributed by atoms with Crippen LogP contribution in [0, 0.1) is 17.2 Å². The Morgan fingerprint density at radius 1 is 1.40 bits per heavy atom. The molecule has 1 saturated carbocycles. The van der Waals surface area contributed by atoms with Crippen LogP contribution in [0.2, 0.25) is 5.02 Å². The molecule has 9 heteroatoms. The molecule has 1 amide bonds. The fraction of sp³-hybridized carbons (Fsp3) is 0.476. The average molecular weight is 431 g/mol. The van der Waals surface area contributed by atoms with Gasteiger partial charge in [-0.25, -0.2) is 0 Å². The number of nitriles is 1. The Morgan fingerprint density at radius 3 is 2.70 bits per heavy atom. The second kappa shape index (κ2) is 9.04. The molecule has 30 heavy (non-hydrogen) atoms. The third-order valence-electron chi connectivity index (χ3n) is 5.41. The molecule has 0 bridgehead atoms. The molecule has 160 valence electrons. The zero-order valence-corrected chi connectivity index (χ0v) is 17.9. The molecule has 2 aromatic rings. The Labute approximate surface area is 181 Å². The molecule has 0 saturated heterocycles. The summed E-state index contributed by atoms with van der Waals surface area (Å²) in [5.41, 5.74) is 6.14. The summed E-state index contributed by atoms with van der Waals surface area (Å²) in [5.74, 6) is -0.524. The van der Waals surface area contributed by atoms with Crippen LogP contribution < -0.4 is 16.4 Å². The van der Waals surface area contributed by atoms with Gasteiger partial charge in [0.25, 0.3) is 5.91 Å². The first-order valence-corrected chi connectivity index (χ1v) is 10.3. The van der Waals surface area contributed by atoms with Gasteiger partial charge in [-0.3, -0.25) is 9.48 Å². The largest absolute Gasteiger partial charge is 0.394 e. The van der Waals surface area contributed by atoms with Gasteiger partial charge in [0.1, 0.15) is 5.56 Å². The van der Waals surface area contributed by atoms with Crippen LogP contribution in [0.25, 0.3) is 0 Å². The van der Waals surface area contributed by atoms with E-state index in [0.717, 1.165) is 18.5 Å². The van der Waals surface area contributed by atoms with Gasteiger partial charge in [0.15, 0.2) is 5.82 Å². The Morgan fingerprint density at radius 2 is 2.10 bits per heavy atom. The lowest BCUT2D eigenvalue weighted by molar-refractivity contribution is 0.100. The molecule has 3 atom stereocenters. The minimum absolute atomic E-state index is 0.0189. The maximum atomic E-state index is 12.0. The van der Waals surface area contributed by atoms with Gasteiger partial charge >= 0.3 is 0 Å². The predicted octanol–water partition coefficient (Wildman–Crippen LogP) is 2.97. The molecule has 5 N–H and O–H groups in total. The third kappa shape index (κ3) is 5.11. The Hall–Kier alpha value is -2.60. The highest BCUT2D eigenvalue weighted by Crippen LogP contribution is 2.35. The van der Waals surface area contributed by atoms with Gasteiger partial charge in [-0.15, -0.1) is 0 Å². The van der Waals surface area contributed by atoms with Crippen LogP contribution in [0.15, 0.2) is 30.5 Å². The summed E-state index contributed by atoms with van der Waals surface area (Å²) in [4.78, 5) is 12.0. The number of nitrogens with zero attached hydrogens (tertiary/aromatic N) is 3. The van der Waals surface area contributed by atoms with E-state index in [4.69, 9.17) is 17.3 Å². The van der Waals surface area contributed by atoms with E-state index >= 15 is 0 Å². The molecule has 1 heterocycles. The number of nitrogens with two attached hydrogens (primary N) is 1. The van der Waals surface area contributed by atoms with Gasteiger partial charge in [-0.2, -0.15) is 10.4 Å². The van der Waals surface area contributed by atoms with Crippen molar-refractivity contribution in [2.45, 2.75) is 50.7 Å². The van der Waals surface area contributed by atoms with Crippen LogP contribution in [-0.2, 0) is 0 Å². The number of aliphatic hydroxyl groups is 1. The van der Waals surface area contributed by atoms with E-state index < -0.39 is 11.4 Å². The molecular weight excluding hydrogens is 404 g/mol. The van der Waals surface area contributed by atoms with E-state index in [1.54, 1.807) is 35.1 Å². The molecule has 8 nitrogen and oxygen atoms in total. The van der Waals surface area contributed by atoms with E-state index in [-0.39, 0.29) is 30.2 Å². The zero-order valence-electron chi connectivity index (χ0n) is 17.1. The van der Waals surface area contributed by atoms with Gasteiger partial charge in [-0.1, -0.05) is 11.6 Å². The van der Waals surface area contributed by atoms with Crippen LogP contribution in [0.5, 0.6) is 0 Å². The van der Waals surface area contributed by atoms with Crippen molar-refractivity contribution in [3.8, 4) is 6.07 Å². The van der Waals surface area contributed by atoms with Crippen molar-refractivity contribution in [3.63, 3.8) is 0 Å². The molecule has 3 unspecified atom stereocenters. The third-order valence-corrected chi connectivity index (χ3v) is 5.67. The average Bonchev–Trinajstić information content (AvgIpc) is 3.13. The first-order chi connectivity index (χ1) is 14.2. The number of amides is 1. The van der Waals surface area contributed by atoms with E-state index in [9.17, 15) is 15.2 Å². The molecule has 0 aliphatic heterocycles. The SMILES string of the molecule is CC(C)(CO)NC1CCC(n2cc(C(N)=O)c(Nc3ccc(Cl)cc3)n2)C(C#N)C1. The lowest BCUT2D eigenvalue weighted by Gasteiger charge is -2.37. The highest BCUT2D eigenvalue weighted by Gasteiger charge is 2.35. The number of hydrogen-bond acceptors (Lipinski definition) is 6. The minimum Gasteiger partial charge on any atom is -0.394 e. The number of anilines is 2. The summed E-state index contributed by atoms with van der Waals surface area (Å²) >= 11 is 5.92. The highest BCUT2D eigenvalue weighted by molar-refractivity contribution is 6.30. The van der Waals surface area contributed by atoms with Gasteiger partial charge in [0.2, 0.25) is 0 Å². The molecule has 1 aromatic heterocycles. The number of aliphatic hydroxyl groups excluding tert-OH is 1. The molecule has 1 aliphatic carbocycles. The molecule has 0 spiro atoms. The van der Waals surface area contributed by atoms with Crippen molar-refractivity contribution >= 4 is 29.0 Å². The molecule has 1 fully saturated rings. The normalized spacial score (nSPS) is 21.8. The van der Waals surface area contributed by atoms with Crippen molar-refractivity contribution in [2.75, 3.05) is 11.9 Å². The number of carbonyl (C=O) groups is 1. The summed E-state index contributed by atoms with van der Waals surface area (Å²) in [6.45, 7) is 3.88. The van der Waals surface area contributed by atoms with Crippen LogP contribution in [-0.4, -0.2) is 39.0 Å². The topological polar surface area (TPSA) is 129 Å². The summed E-state index contributed by atoms with van der Waals surface area (Å²) in [6.07, 6.45) is 3.80. The van der Waals surface area contributed by atoms with Crippen LogP contribution >= 0.6 is 11.6 Å². The summed E-state index contributed by atoms with van der Waals surface area (Å²) in [7, 11) is 0. The quantitative estimate of drug-likeness (QED) is 0.534. The summed E-state index contributed by atoms with van der Waals surface area (Å²) in [5, 5.41) is 30.9. The molecule has 1 aromatic carbocycles. The van der Waals surface area contributed by atoms with E-state index in [1.165, 1.54) is 0 Å². The second-order valence-corrected chi connectivity index (χ2v) is 8.80. The number of halogens is 1. The van der Waals surface area contributed by atoms with Crippen molar-refractivity contribution < 1.29 is 9.90 Å². The number of nitrogens with one attached hydrogen (secondary N) is 2. The summed E-state index contributed by atoms with van der Waals surface area (Å²) in [6, 6.07) is 9.39. The van der Waals surface area contributed by atoms with Gasteiger partial charge < -0.3 is 21.5 Å². The van der Waals surface area contributed by atoms with Gasteiger partial charge in [0.05, 0.1) is 24.6 Å². The maximum Gasteiger partial charge on any atom is 0.254 e. The van der Waals surface area contributed by atoms with E-state index in [2.05, 4.69) is 21.8 Å². The number of rotatable bonds is 7. The lowest BCUT2D eigenvalue weighted by Crippen LogP contribution is -2.50. The van der Waals surface area contributed by atoms with Gasteiger partial charge in [0, 0.05) is 28.5 Å². The number of hydrogen-bond donors (Lipinski definition) is 4. The van der Waals surface area contributed by atoms with Crippen LogP contribution in [0.1, 0.15) is 49.5 Å². The Bertz CT molecular complexity index is 934. The standard InChI is InChI=1S/C21H27ClN6O2/c1-21(2,12-29)26-16-7-8-18(13(9-16)10-23)28-11-17(19(24)30)20(27-28)25-15-5-3-14(22)4-6-15/h3-6,11,13,16,18,26,29H,7-9,12H2,1-2H3,(H2,24,30)(H,25,27). The number of primary amides is 1.